The van der Waals surface area contributed by atoms with Crippen molar-refractivity contribution in [1.29, 1.82) is 0 Å². The summed E-state index contributed by atoms with van der Waals surface area (Å²) in [6.07, 6.45) is 0.670. The minimum atomic E-state index is -0.119. The zero-order valence-electron chi connectivity index (χ0n) is 12.0. The molecule has 0 spiro atoms. The van der Waals surface area contributed by atoms with Crippen LogP contribution in [0.4, 0.5) is 0 Å². The molecule has 1 aromatic rings. The van der Waals surface area contributed by atoms with Crippen LogP contribution < -0.4 is 5.73 Å². The zero-order valence-corrected chi connectivity index (χ0v) is 13.5. The monoisotopic (exact) mass is 316 g/mol. The van der Waals surface area contributed by atoms with Crippen LogP contribution in [-0.4, -0.2) is 42.8 Å². The minimum Gasteiger partial charge on any atom is -0.379 e. The van der Waals surface area contributed by atoms with E-state index in [9.17, 15) is 0 Å². The van der Waals surface area contributed by atoms with Crippen LogP contribution in [-0.2, 0) is 11.2 Å². The van der Waals surface area contributed by atoms with Gasteiger partial charge in [-0.1, -0.05) is 29.3 Å². The first-order valence-corrected chi connectivity index (χ1v) is 7.70. The van der Waals surface area contributed by atoms with Gasteiger partial charge in [0.15, 0.2) is 0 Å². The summed E-state index contributed by atoms with van der Waals surface area (Å²) in [5, 5.41) is 1.37. The van der Waals surface area contributed by atoms with Crippen LogP contribution in [0.1, 0.15) is 19.4 Å². The number of hydrogen-bond acceptors (Lipinski definition) is 3. The Bertz CT molecular complexity index is 439. The van der Waals surface area contributed by atoms with Gasteiger partial charge in [0.2, 0.25) is 0 Å². The van der Waals surface area contributed by atoms with E-state index in [-0.39, 0.29) is 11.6 Å². The van der Waals surface area contributed by atoms with Gasteiger partial charge in [-0.15, -0.1) is 0 Å². The number of rotatable bonds is 4. The molecule has 1 aromatic carbocycles. The number of ether oxygens (including phenoxy) is 1. The molecule has 0 radical (unpaired) electrons. The van der Waals surface area contributed by atoms with Crippen LogP contribution in [0.2, 0.25) is 10.0 Å². The molecule has 112 valence electrons. The molecular weight excluding hydrogens is 295 g/mol. The Morgan fingerprint density at radius 1 is 1.25 bits per heavy atom. The van der Waals surface area contributed by atoms with Crippen molar-refractivity contribution in [3.05, 3.63) is 33.8 Å². The summed E-state index contributed by atoms with van der Waals surface area (Å²) in [5.74, 6) is 0. The van der Waals surface area contributed by atoms with Gasteiger partial charge in [-0.25, -0.2) is 0 Å². The fourth-order valence-corrected chi connectivity index (χ4v) is 3.12. The molecule has 1 atom stereocenters. The Balaban J connectivity index is 2.12. The van der Waals surface area contributed by atoms with Crippen molar-refractivity contribution >= 4 is 23.2 Å². The number of morpholine rings is 1. The normalized spacial score (nSPS) is 19.1. The number of hydrogen-bond donors (Lipinski definition) is 1. The maximum atomic E-state index is 6.45. The molecule has 2 rings (SSSR count). The Hall–Kier alpha value is -0.320. The van der Waals surface area contributed by atoms with E-state index >= 15 is 0 Å². The Morgan fingerprint density at radius 2 is 1.80 bits per heavy atom. The fourth-order valence-electron chi connectivity index (χ4n) is 2.57. The molecule has 1 fully saturated rings. The van der Waals surface area contributed by atoms with Crippen LogP contribution in [0, 0.1) is 0 Å². The molecule has 2 N–H and O–H groups in total. The van der Waals surface area contributed by atoms with Gasteiger partial charge >= 0.3 is 0 Å². The van der Waals surface area contributed by atoms with E-state index in [1.165, 1.54) is 0 Å². The van der Waals surface area contributed by atoms with E-state index in [1.807, 2.05) is 18.2 Å². The molecule has 5 heteroatoms. The predicted molar refractivity (Wildman–Crippen MR) is 84.6 cm³/mol. The summed E-state index contributed by atoms with van der Waals surface area (Å²) in [4.78, 5) is 2.38. The van der Waals surface area contributed by atoms with Crippen LogP contribution >= 0.6 is 23.2 Å². The van der Waals surface area contributed by atoms with E-state index in [2.05, 4.69) is 18.7 Å². The first kappa shape index (κ1) is 16.1. The maximum Gasteiger partial charge on any atom is 0.0594 e. The SMILES string of the molecule is CC(C)(C(N)Cc1c(Cl)cccc1Cl)N1CCOCC1. The van der Waals surface area contributed by atoms with Crippen molar-refractivity contribution in [3.8, 4) is 0 Å². The lowest BCUT2D eigenvalue weighted by Crippen LogP contribution is -2.59. The van der Waals surface area contributed by atoms with Gasteiger partial charge in [-0.2, -0.15) is 0 Å². The van der Waals surface area contributed by atoms with Crippen molar-refractivity contribution in [1.82, 2.24) is 4.90 Å². The van der Waals surface area contributed by atoms with E-state index in [4.69, 9.17) is 33.7 Å². The molecule has 0 amide bonds. The van der Waals surface area contributed by atoms with Crippen LogP contribution in [0.25, 0.3) is 0 Å². The standard InChI is InChI=1S/C15H22Cl2N2O/c1-15(2,19-6-8-20-9-7-19)14(18)10-11-12(16)4-3-5-13(11)17/h3-5,14H,6-10,18H2,1-2H3. The zero-order chi connectivity index (χ0) is 14.8. The number of benzene rings is 1. The van der Waals surface area contributed by atoms with Gasteiger partial charge in [0.25, 0.3) is 0 Å². The lowest BCUT2D eigenvalue weighted by molar-refractivity contribution is -0.0186. The van der Waals surface area contributed by atoms with Crippen LogP contribution in [0.3, 0.4) is 0 Å². The molecule has 0 aromatic heterocycles. The lowest BCUT2D eigenvalue weighted by Gasteiger charge is -2.44. The summed E-state index contributed by atoms with van der Waals surface area (Å²) in [7, 11) is 0. The van der Waals surface area contributed by atoms with E-state index in [0.29, 0.717) is 16.5 Å². The number of halogens is 2. The molecule has 20 heavy (non-hydrogen) atoms. The minimum absolute atomic E-state index is 0.0435. The van der Waals surface area contributed by atoms with Crippen LogP contribution in [0.5, 0.6) is 0 Å². The van der Waals surface area contributed by atoms with Crippen molar-refractivity contribution < 1.29 is 4.74 Å². The molecule has 1 saturated heterocycles. The van der Waals surface area contributed by atoms with Gasteiger partial charge in [0.05, 0.1) is 13.2 Å². The third-order valence-corrected chi connectivity index (χ3v) is 4.93. The second-order valence-electron chi connectivity index (χ2n) is 5.76. The highest BCUT2D eigenvalue weighted by molar-refractivity contribution is 6.36. The van der Waals surface area contributed by atoms with Crippen molar-refractivity contribution in [2.24, 2.45) is 5.73 Å². The summed E-state index contributed by atoms with van der Waals surface area (Å²) in [5.41, 5.74) is 7.27. The Kier molecular flexibility index (Phi) is 5.32. The summed E-state index contributed by atoms with van der Waals surface area (Å²) in [6.45, 7) is 7.71. The molecule has 1 heterocycles. The van der Waals surface area contributed by atoms with Crippen molar-refractivity contribution in [2.45, 2.75) is 31.8 Å². The second-order valence-corrected chi connectivity index (χ2v) is 6.58. The van der Waals surface area contributed by atoms with E-state index < -0.39 is 0 Å². The van der Waals surface area contributed by atoms with Crippen LogP contribution in [0.15, 0.2) is 18.2 Å². The molecule has 0 saturated carbocycles. The highest BCUT2D eigenvalue weighted by atomic mass is 35.5. The van der Waals surface area contributed by atoms with Gasteiger partial charge < -0.3 is 10.5 Å². The Labute approximate surface area is 131 Å². The lowest BCUT2D eigenvalue weighted by atomic mass is 9.88. The first-order valence-electron chi connectivity index (χ1n) is 6.94. The molecule has 3 nitrogen and oxygen atoms in total. The molecule has 0 aliphatic carbocycles. The third kappa shape index (κ3) is 3.46. The van der Waals surface area contributed by atoms with Gasteiger partial charge in [0.1, 0.15) is 0 Å². The summed E-state index contributed by atoms with van der Waals surface area (Å²) < 4.78 is 5.41. The highest BCUT2D eigenvalue weighted by Gasteiger charge is 2.34. The predicted octanol–water partition coefficient (Wildman–Crippen LogP) is 2.97. The van der Waals surface area contributed by atoms with Crippen molar-refractivity contribution in [2.75, 3.05) is 26.3 Å². The average Bonchev–Trinajstić information content (AvgIpc) is 2.43. The number of nitrogens with two attached hydrogens (primary N) is 1. The molecule has 1 aliphatic rings. The van der Waals surface area contributed by atoms with Crippen molar-refractivity contribution in [3.63, 3.8) is 0 Å². The largest absolute Gasteiger partial charge is 0.379 e. The Morgan fingerprint density at radius 3 is 2.35 bits per heavy atom. The fraction of sp³-hybridized carbons (Fsp3) is 0.600. The third-order valence-electron chi connectivity index (χ3n) is 4.22. The van der Waals surface area contributed by atoms with E-state index in [1.54, 1.807) is 0 Å². The second kappa shape index (κ2) is 6.63. The summed E-state index contributed by atoms with van der Waals surface area (Å²) >= 11 is 12.5. The van der Waals surface area contributed by atoms with E-state index in [0.717, 1.165) is 31.9 Å². The van der Waals surface area contributed by atoms with Gasteiger partial charge in [-0.3, -0.25) is 4.90 Å². The summed E-state index contributed by atoms with van der Waals surface area (Å²) in [6, 6.07) is 5.53. The highest BCUT2D eigenvalue weighted by Crippen LogP contribution is 2.29. The molecule has 1 aliphatic heterocycles. The number of nitrogens with zero attached hydrogens (tertiary/aromatic N) is 1. The quantitative estimate of drug-likeness (QED) is 0.928. The smallest absolute Gasteiger partial charge is 0.0594 e. The average molecular weight is 317 g/mol. The molecule has 1 unspecified atom stereocenters. The topological polar surface area (TPSA) is 38.5 Å². The first-order chi connectivity index (χ1) is 9.43. The maximum absolute atomic E-state index is 6.45. The molecule has 0 bridgehead atoms. The van der Waals surface area contributed by atoms with Gasteiger partial charge in [-0.05, 0) is 38.0 Å². The molecular formula is C15H22Cl2N2O. The van der Waals surface area contributed by atoms with Gasteiger partial charge in [0, 0.05) is 34.7 Å².